The van der Waals surface area contributed by atoms with Gasteiger partial charge in [-0.3, -0.25) is 29.0 Å². The Morgan fingerprint density at radius 3 is 2.41 bits per heavy atom. The number of hydrogen-bond acceptors (Lipinski definition) is 11. The number of anilines is 1. The van der Waals surface area contributed by atoms with Gasteiger partial charge in [-0.15, -0.1) is 11.3 Å². The van der Waals surface area contributed by atoms with Gasteiger partial charge in [0.2, 0.25) is 0 Å². The number of ether oxygens (including phenoxy) is 1. The van der Waals surface area contributed by atoms with Crippen molar-refractivity contribution in [3.63, 3.8) is 0 Å². The first-order chi connectivity index (χ1) is 19.6. The molecule has 1 amide bonds. The molecule has 1 saturated heterocycles. The van der Waals surface area contributed by atoms with E-state index < -0.39 is 29.9 Å². The summed E-state index contributed by atoms with van der Waals surface area (Å²) in [5.41, 5.74) is 0.767. The van der Waals surface area contributed by atoms with Gasteiger partial charge in [0.25, 0.3) is 11.5 Å². The van der Waals surface area contributed by atoms with Crippen LogP contribution in [-0.2, 0) is 20.9 Å². The molecule has 15 heteroatoms. The van der Waals surface area contributed by atoms with Crippen LogP contribution in [0, 0.1) is 5.92 Å². The summed E-state index contributed by atoms with van der Waals surface area (Å²) in [6.45, 7) is -0.997. The normalized spacial score (nSPS) is 20.6. The Morgan fingerprint density at radius 1 is 1.10 bits per heavy atom. The molecule has 0 bridgehead atoms. The first kappa shape index (κ1) is 29.4. The monoisotopic (exact) mass is 635 g/mol. The van der Waals surface area contributed by atoms with Crippen molar-refractivity contribution >= 4 is 85.4 Å². The Hall–Kier alpha value is -3.11. The minimum Gasteiger partial charge on any atom is -0.497 e. The number of amides is 1. The molecule has 2 aliphatic heterocycles. The maximum absolute atomic E-state index is 13.9. The molecule has 3 aliphatic rings. The summed E-state index contributed by atoms with van der Waals surface area (Å²) >= 11 is 8.20. The van der Waals surface area contributed by atoms with Gasteiger partial charge < -0.3 is 19.8 Å². The van der Waals surface area contributed by atoms with Crippen LogP contribution < -0.4 is 24.4 Å². The Kier molecular flexibility index (Phi) is 8.61. The van der Waals surface area contributed by atoms with Crippen molar-refractivity contribution in [2.45, 2.75) is 43.5 Å². The van der Waals surface area contributed by atoms with E-state index in [2.05, 4.69) is 0 Å². The highest BCUT2D eigenvalue weighted by molar-refractivity contribution is 8.30. The largest absolute Gasteiger partial charge is 0.497 e. The number of benzene rings is 1. The molecule has 11 nitrogen and oxygen atoms in total. The summed E-state index contributed by atoms with van der Waals surface area (Å²) in [6.07, 6.45) is 6.37. The van der Waals surface area contributed by atoms with Crippen LogP contribution in [0.2, 0.25) is 0 Å². The molecule has 216 valence electrons. The fourth-order valence-electron chi connectivity index (χ4n) is 5.06. The molecular formula is C26H25N3O8S4. The predicted octanol–water partition coefficient (Wildman–Crippen LogP) is 2.63. The molecule has 5 rings (SSSR count). The molecule has 1 saturated carbocycles. The van der Waals surface area contributed by atoms with Crippen molar-refractivity contribution in [2.24, 2.45) is 5.92 Å². The highest BCUT2D eigenvalue weighted by atomic mass is 32.2. The molecule has 0 atom stereocenters. The molecule has 1 aromatic carbocycles. The number of nitrogens with zero attached hydrogens (tertiary/aromatic N) is 3. The highest BCUT2D eigenvalue weighted by Crippen LogP contribution is 2.48. The zero-order valence-corrected chi connectivity index (χ0v) is 25.0. The third kappa shape index (κ3) is 5.81. The van der Waals surface area contributed by atoms with Crippen molar-refractivity contribution in [1.29, 1.82) is 0 Å². The van der Waals surface area contributed by atoms with Crippen molar-refractivity contribution in [2.75, 3.05) is 18.6 Å². The van der Waals surface area contributed by atoms with Crippen LogP contribution in [-0.4, -0.2) is 60.9 Å². The van der Waals surface area contributed by atoms with Crippen molar-refractivity contribution < 1.29 is 34.5 Å². The minimum atomic E-state index is -1.27. The summed E-state index contributed by atoms with van der Waals surface area (Å²) in [4.78, 5) is 52.7. The van der Waals surface area contributed by atoms with Crippen LogP contribution in [0.15, 0.2) is 39.0 Å². The van der Waals surface area contributed by atoms with E-state index >= 15 is 0 Å². The van der Waals surface area contributed by atoms with Gasteiger partial charge in [0.15, 0.2) is 4.32 Å². The van der Waals surface area contributed by atoms with Crippen LogP contribution in [0.1, 0.15) is 32.1 Å². The van der Waals surface area contributed by atoms with Gasteiger partial charge in [-0.05, 0) is 66.5 Å². The minimum absolute atomic E-state index is 0.0232. The number of carbonyl (C=O) groups excluding carboxylic acids is 1. The number of thiazole rings is 1. The number of thiocarbonyl (C=S) groups is 1. The summed E-state index contributed by atoms with van der Waals surface area (Å²) in [7, 11) is 1.53. The van der Waals surface area contributed by atoms with E-state index in [-0.39, 0.29) is 30.9 Å². The molecule has 41 heavy (non-hydrogen) atoms. The predicted molar refractivity (Wildman–Crippen MR) is 160 cm³/mol. The summed E-state index contributed by atoms with van der Waals surface area (Å²) in [5.74, 6) is -2.59. The molecule has 3 heterocycles. The van der Waals surface area contributed by atoms with E-state index in [9.17, 15) is 34.6 Å². The molecule has 1 aromatic heterocycles. The second-order valence-corrected chi connectivity index (χ2v) is 13.2. The molecule has 3 N–H and O–H groups in total. The average molecular weight is 636 g/mol. The van der Waals surface area contributed by atoms with Gasteiger partial charge in [-0.25, -0.2) is 0 Å². The standard InChI is InChI=1S/C26H25N3O8S4/c1-37-14-7-8-17-16(9-14)27(11-19(30)31)18(39-17)10-15(13-5-3-2-4-6-13)21-23(34)28(12-20(32)33)25(40-21)22-24(35)29(36)26(38)41-22/h7-10,13,36H,2-6,11-12H2,1H3,(H,30,31)(H,32,33). The van der Waals surface area contributed by atoms with Crippen LogP contribution in [0.3, 0.4) is 0 Å². The molecule has 0 unspecified atom stereocenters. The van der Waals surface area contributed by atoms with Crippen molar-refractivity contribution in [1.82, 2.24) is 9.63 Å². The molecule has 0 spiro atoms. The van der Waals surface area contributed by atoms with E-state index in [0.29, 0.717) is 27.1 Å². The number of allylic oxidation sites excluding steroid dienone is 1. The number of carboxylic acids is 2. The average Bonchev–Trinajstić information content (AvgIpc) is 3.53. The highest BCUT2D eigenvalue weighted by Gasteiger charge is 2.34. The lowest BCUT2D eigenvalue weighted by atomic mass is 9.84. The first-order valence-corrected chi connectivity index (χ1v) is 15.5. The zero-order valence-electron chi connectivity index (χ0n) is 21.7. The van der Waals surface area contributed by atoms with Crippen LogP contribution in [0.25, 0.3) is 10.5 Å². The van der Waals surface area contributed by atoms with E-state index in [4.69, 9.17) is 17.0 Å². The number of fused-ring (bicyclic) bond motifs is 1. The summed E-state index contributed by atoms with van der Waals surface area (Å²) in [5, 5.41) is 30.2. The van der Waals surface area contributed by atoms with Gasteiger partial charge in [0.05, 0.1) is 22.4 Å². The number of hydroxylamine groups is 2. The van der Waals surface area contributed by atoms with E-state index in [0.717, 1.165) is 64.7 Å². The fourth-order valence-corrected chi connectivity index (χ4v) is 8.62. The van der Waals surface area contributed by atoms with Crippen LogP contribution in [0.4, 0.5) is 5.69 Å². The lowest BCUT2D eigenvalue weighted by Crippen LogP contribution is -2.36. The molecular weight excluding hydrogens is 611 g/mol. The molecule has 0 radical (unpaired) electrons. The number of methoxy groups -OCH3 is 1. The van der Waals surface area contributed by atoms with Crippen LogP contribution >= 0.6 is 47.1 Å². The maximum Gasteiger partial charge on any atom is 0.323 e. The number of carbonyl (C=O) groups is 3. The van der Waals surface area contributed by atoms with Gasteiger partial charge >= 0.3 is 11.9 Å². The van der Waals surface area contributed by atoms with Crippen molar-refractivity contribution in [3.05, 3.63) is 48.9 Å². The van der Waals surface area contributed by atoms with Gasteiger partial charge in [0.1, 0.15) is 28.4 Å². The number of thioether (sulfide) groups is 2. The molecule has 1 aliphatic carbocycles. The SMILES string of the molecule is COc1ccc2c(c1)N(CC(=O)O)C(=CC(=c1sc(=C3SC(=S)N(O)C3=O)n(CC(=O)O)c1=O)C1CCCCC1)S2. The van der Waals surface area contributed by atoms with E-state index in [1.807, 2.05) is 12.1 Å². The number of carboxylic acid groups (broad SMARTS) is 2. The maximum atomic E-state index is 13.9. The van der Waals surface area contributed by atoms with Crippen LogP contribution in [0.5, 0.6) is 5.75 Å². The molecule has 2 aromatic rings. The Bertz CT molecular complexity index is 1670. The Labute approximate surface area is 251 Å². The number of hydrogen-bond donors (Lipinski definition) is 3. The summed E-state index contributed by atoms with van der Waals surface area (Å²) < 4.78 is 6.63. The van der Waals surface area contributed by atoms with E-state index in [1.165, 1.54) is 18.9 Å². The number of aromatic nitrogens is 1. The van der Waals surface area contributed by atoms with E-state index in [1.54, 1.807) is 17.0 Å². The third-order valence-electron chi connectivity index (χ3n) is 6.94. The van der Waals surface area contributed by atoms with Gasteiger partial charge in [0, 0.05) is 11.0 Å². The zero-order chi connectivity index (χ0) is 29.4. The Morgan fingerprint density at radius 2 is 1.80 bits per heavy atom. The third-order valence-corrected chi connectivity index (χ3v) is 10.8. The lowest BCUT2D eigenvalue weighted by Gasteiger charge is -2.24. The smallest absolute Gasteiger partial charge is 0.323 e. The number of rotatable bonds is 7. The Balaban J connectivity index is 1.78. The quantitative estimate of drug-likeness (QED) is 0.303. The van der Waals surface area contributed by atoms with Crippen molar-refractivity contribution in [3.8, 4) is 5.75 Å². The second-order valence-electron chi connectivity index (χ2n) is 9.52. The lowest BCUT2D eigenvalue weighted by molar-refractivity contribution is -0.140. The molecule has 2 fully saturated rings. The number of aliphatic carboxylic acids is 2. The second kappa shape index (κ2) is 12.0. The van der Waals surface area contributed by atoms with Gasteiger partial charge in [-0.2, -0.15) is 5.06 Å². The first-order valence-electron chi connectivity index (χ1n) is 12.6. The van der Waals surface area contributed by atoms with Gasteiger partial charge in [-0.1, -0.05) is 31.0 Å². The topological polar surface area (TPSA) is 150 Å². The summed E-state index contributed by atoms with van der Waals surface area (Å²) in [6, 6.07) is 5.40. The fraction of sp³-hybridized carbons (Fsp3) is 0.346.